The Morgan fingerprint density at radius 2 is 2.58 bits per heavy atom. The number of thioether (sulfide) groups is 1. The zero-order chi connectivity index (χ0) is 8.97. The molecule has 0 N–H and O–H groups in total. The Bertz CT molecular complexity index is 320. The van der Waals surface area contributed by atoms with Gasteiger partial charge in [-0.05, 0) is 15.9 Å². The van der Waals surface area contributed by atoms with E-state index in [-0.39, 0.29) is 0 Å². The van der Waals surface area contributed by atoms with Crippen LogP contribution in [-0.2, 0) is 0 Å². The molecule has 0 fully saturated rings. The van der Waals surface area contributed by atoms with E-state index in [1.807, 2.05) is 11.5 Å². The first kappa shape index (κ1) is 9.91. The van der Waals surface area contributed by atoms with Crippen LogP contribution in [0.4, 0.5) is 0 Å². The van der Waals surface area contributed by atoms with Crippen molar-refractivity contribution in [3.8, 4) is 12.3 Å². The summed E-state index contributed by atoms with van der Waals surface area (Å²) in [5.41, 5.74) is 0. The smallest absolute Gasteiger partial charge is 0.0913 e. The second-order valence-electron chi connectivity index (χ2n) is 1.99. The molecule has 0 bridgehead atoms. The standard InChI is InChI=1S/C9H7BrS2/c1-3-5-11-9-7(10)6-12-8(9)4-2/h2-3,6H,1,5H2. The number of hydrogen-bond acceptors (Lipinski definition) is 2. The van der Waals surface area contributed by atoms with Crippen molar-refractivity contribution in [3.05, 3.63) is 27.4 Å². The summed E-state index contributed by atoms with van der Waals surface area (Å²) in [6, 6.07) is 0. The van der Waals surface area contributed by atoms with Gasteiger partial charge in [0.15, 0.2) is 0 Å². The lowest BCUT2D eigenvalue weighted by molar-refractivity contribution is 1.48. The van der Waals surface area contributed by atoms with E-state index in [0.29, 0.717) is 0 Å². The molecule has 0 aliphatic carbocycles. The van der Waals surface area contributed by atoms with Crippen LogP contribution in [0.3, 0.4) is 0 Å². The lowest BCUT2D eigenvalue weighted by Crippen LogP contribution is -1.74. The van der Waals surface area contributed by atoms with Crippen molar-refractivity contribution in [2.75, 3.05) is 5.75 Å². The molecule has 0 aromatic carbocycles. The van der Waals surface area contributed by atoms with E-state index in [2.05, 4.69) is 28.4 Å². The lowest BCUT2D eigenvalue weighted by Gasteiger charge is -1.95. The van der Waals surface area contributed by atoms with Gasteiger partial charge in [0.05, 0.1) is 4.88 Å². The minimum atomic E-state index is 0.893. The first-order chi connectivity index (χ1) is 5.79. The second kappa shape index (κ2) is 4.76. The molecule has 1 heterocycles. The van der Waals surface area contributed by atoms with Crippen LogP contribution in [-0.4, -0.2) is 5.75 Å². The first-order valence-corrected chi connectivity index (χ1v) is 5.92. The molecule has 0 atom stereocenters. The van der Waals surface area contributed by atoms with E-state index in [1.54, 1.807) is 23.1 Å². The molecule has 3 heteroatoms. The van der Waals surface area contributed by atoms with E-state index in [0.717, 1.165) is 20.0 Å². The average Bonchev–Trinajstić information content (AvgIpc) is 2.43. The van der Waals surface area contributed by atoms with Gasteiger partial charge in [-0.2, -0.15) is 0 Å². The Morgan fingerprint density at radius 3 is 3.17 bits per heavy atom. The Labute approximate surface area is 89.2 Å². The van der Waals surface area contributed by atoms with Crippen molar-refractivity contribution in [2.45, 2.75) is 4.90 Å². The van der Waals surface area contributed by atoms with Gasteiger partial charge in [0.25, 0.3) is 0 Å². The minimum Gasteiger partial charge on any atom is -0.133 e. The summed E-state index contributed by atoms with van der Waals surface area (Å²) in [5.74, 6) is 3.55. The molecule has 62 valence electrons. The van der Waals surface area contributed by atoms with Gasteiger partial charge >= 0.3 is 0 Å². The predicted molar refractivity (Wildman–Crippen MR) is 60.9 cm³/mol. The summed E-state index contributed by atoms with van der Waals surface area (Å²) in [7, 11) is 0. The molecule has 0 unspecified atom stereocenters. The molecule has 0 saturated heterocycles. The third-order valence-electron chi connectivity index (χ3n) is 1.18. The number of terminal acetylenes is 1. The minimum absolute atomic E-state index is 0.893. The Hall–Kier alpha value is -0.170. The molecule has 1 aromatic rings. The van der Waals surface area contributed by atoms with E-state index >= 15 is 0 Å². The van der Waals surface area contributed by atoms with Gasteiger partial charge in [-0.1, -0.05) is 12.0 Å². The van der Waals surface area contributed by atoms with Crippen molar-refractivity contribution in [1.82, 2.24) is 0 Å². The quantitative estimate of drug-likeness (QED) is 0.452. The Balaban J connectivity index is 2.88. The molecule has 0 amide bonds. The molecule has 1 rings (SSSR count). The van der Waals surface area contributed by atoms with E-state index < -0.39 is 0 Å². The summed E-state index contributed by atoms with van der Waals surface area (Å²) in [4.78, 5) is 2.15. The number of rotatable bonds is 3. The molecule has 0 aliphatic heterocycles. The van der Waals surface area contributed by atoms with Gasteiger partial charge in [-0.3, -0.25) is 0 Å². The van der Waals surface area contributed by atoms with Crippen molar-refractivity contribution in [3.63, 3.8) is 0 Å². The molecular weight excluding hydrogens is 252 g/mol. The zero-order valence-corrected chi connectivity index (χ0v) is 9.56. The highest BCUT2D eigenvalue weighted by molar-refractivity contribution is 9.10. The first-order valence-electron chi connectivity index (χ1n) is 3.27. The van der Waals surface area contributed by atoms with Gasteiger partial charge in [0, 0.05) is 20.5 Å². The van der Waals surface area contributed by atoms with Gasteiger partial charge in [0.1, 0.15) is 0 Å². The second-order valence-corrected chi connectivity index (χ2v) is 4.75. The summed E-state index contributed by atoms with van der Waals surface area (Å²) >= 11 is 6.74. The average molecular weight is 259 g/mol. The summed E-state index contributed by atoms with van der Waals surface area (Å²) in [5, 5.41) is 2.01. The highest BCUT2D eigenvalue weighted by Crippen LogP contribution is 2.35. The molecular formula is C9H7BrS2. The van der Waals surface area contributed by atoms with Crippen LogP contribution in [0.1, 0.15) is 4.88 Å². The Morgan fingerprint density at radius 1 is 1.83 bits per heavy atom. The maximum absolute atomic E-state index is 5.34. The van der Waals surface area contributed by atoms with Crippen LogP contribution < -0.4 is 0 Å². The van der Waals surface area contributed by atoms with Gasteiger partial charge < -0.3 is 0 Å². The number of halogens is 1. The summed E-state index contributed by atoms with van der Waals surface area (Å²) in [6.45, 7) is 3.66. The van der Waals surface area contributed by atoms with Crippen LogP contribution in [0.25, 0.3) is 0 Å². The highest BCUT2D eigenvalue weighted by Gasteiger charge is 2.06. The molecule has 0 saturated carbocycles. The molecule has 1 aromatic heterocycles. The molecule has 0 nitrogen and oxygen atoms in total. The maximum Gasteiger partial charge on any atom is 0.0913 e. The normalized spacial score (nSPS) is 9.33. The SMILES string of the molecule is C#Cc1scc(Br)c1SCC=C. The number of thiophene rings is 1. The van der Waals surface area contributed by atoms with Crippen LogP contribution >= 0.6 is 39.0 Å². The fourth-order valence-electron chi connectivity index (χ4n) is 0.702. The molecule has 0 spiro atoms. The van der Waals surface area contributed by atoms with Crippen molar-refractivity contribution >= 4 is 39.0 Å². The van der Waals surface area contributed by atoms with Crippen molar-refractivity contribution in [2.24, 2.45) is 0 Å². The maximum atomic E-state index is 5.34. The van der Waals surface area contributed by atoms with Gasteiger partial charge in [0.2, 0.25) is 0 Å². The zero-order valence-electron chi connectivity index (χ0n) is 6.34. The van der Waals surface area contributed by atoms with Crippen LogP contribution in [0, 0.1) is 12.3 Å². The summed E-state index contributed by atoms with van der Waals surface area (Å²) in [6.07, 6.45) is 7.21. The van der Waals surface area contributed by atoms with Crippen LogP contribution in [0.5, 0.6) is 0 Å². The van der Waals surface area contributed by atoms with E-state index in [4.69, 9.17) is 6.42 Å². The predicted octanol–water partition coefficient (Wildman–Crippen LogP) is 3.77. The highest BCUT2D eigenvalue weighted by atomic mass is 79.9. The topological polar surface area (TPSA) is 0 Å². The molecule has 0 aliphatic rings. The van der Waals surface area contributed by atoms with Crippen molar-refractivity contribution in [1.29, 1.82) is 0 Å². The fourth-order valence-corrected chi connectivity index (χ4v) is 3.35. The van der Waals surface area contributed by atoms with Crippen LogP contribution in [0.15, 0.2) is 27.4 Å². The van der Waals surface area contributed by atoms with Crippen LogP contribution in [0.2, 0.25) is 0 Å². The molecule has 12 heavy (non-hydrogen) atoms. The van der Waals surface area contributed by atoms with Gasteiger partial charge in [-0.25, -0.2) is 0 Å². The third kappa shape index (κ3) is 2.16. The third-order valence-corrected chi connectivity index (χ3v) is 4.53. The largest absolute Gasteiger partial charge is 0.133 e. The van der Waals surface area contributed by atoms with E-state index in [1.165, 1.54) is 0 Å². The monoisotopic (exact) mass is 258 g/mol. The lowest BCUT2D eigenvalue weighted by atomic mass is 10.5. The Kier molecular flexibility index (Phi) is 3.93. The molecule has 0 radical (unpaired) electrons. The fraction of sp³-hybridized carbons (Fsp3) is 0.111. The van der Waals surface area contributed by atoms with Crippen molar-refractivity contribution < 1.29 is 0 Å². The van der Waals surface area contributed by atoms with Gasteiger partial charge in [-0.15, -0.1) is 36.1 Å². The van der Waals surface area contributed by atoms with E-state index in [9.17, 15) is 0 Å². The number of hydrogen-bond donors (Lipinski definition) is 0. The summed E-state index contributed by atoms with van der Waals surface area (Å²) < 4.78 is 1.09.